The van der Waals surface area contributed by atoms with Gasteiger partial charge in [0.05, 0.1) is 49.8 Å². The number of hydrazone groups is 4. The van der Waals surface area contributed by atoms with Gasteiger partial charge in [-0.25, -0.2) is 95.3 Å². The molecule has 19 rings (SSSR count). The number of Topliss-reactive ketones (excluding diaryl/α,β-unsaturated/α-hetero) is 1. The highest BCUT2D eigenvalue weighted by atomic mass is 35.5. The third-order valence-corrected chi connectivity index (χ3v) is 28.2. The lowest BCUT2D eigenvalue weighted by molar-refractivity contribution is -0.116. The number of ketones is 1. The van der Waals surface area contributed by atoms with Gasteiger partial charge in [-0.05, 0) is 152 Å². The number of fused-ring (bicyclic) bond motifs is 1. The maximum Gasteiger partial charge on any atom is 0.281 e. The standard InChI is InChI=1S/C32H24F4N2O4S.C30H19ClF3N3O3S2.C22H13F5N2O2S.C22H14F4N2O2S/c1-18(39)13-19-5-3-6-20(14-19)17-42-27-8-4-7-24(29(27)41-2)32-38(31(40)28-25(35)15-23(34)16-26(28)36)37-30(43-32)21-9-11-22(33)12-10-21;1-39-23-7-4-5-19(27(23)40-15-25-35-22-6-2-3-8-24(22)41-25)30-37(29(38)26-20(33)13-18(32)14-21(26)34)36-28(42-30)16-9-11-17(31)12-10-16;1-31-16-5-3-2-4-13(16)22-29(28-20(32-22)11-6-8-12(23)9-7-11)21(30)14-10-15(24)18(26)19(27)17(14)25;1-30-19-5-3-2-4-14(19)22-28(21(29)15-10-17(25)18(26)11-16(15)24)27-20(31-22)12-6-8-13(23)9-7-12/h3-12,14-16,32H,13,17H2,1-2H3;2-14,30H,15H2,1H3;2-10,22H,1H3;2-11,22H,1H3. The van der Waals surface area contributed by atoms with Gasteiger partial charge in [0, 0.05) is 86.3 Å². The number of rotatable bonds is 24. The summed E-state index contributed by atoms with van der Waals surface area (Å²) >= 11 is 12.0. The van der Waals surface area contributed by atoms with Gasteiger partial charge in [0.1, 0.15) is 146 Å². The second-order valence-electron chi connectivity index (χ2n) is 31.8. The van der Waals surface area contributed by atoms with Gasteiger partial charge in [-0.15, -0.1) is 11.3 Å². The van der Waals surface area contributed by atoms with Crippen molar-refractivity contribution in [2.75, 3.05) is 28.4 Å². The van der Waals surface area contributed by atoms with Crippen LogP contribution in [0.3, 0.4) is 0 Å². The number of carbonyl (C=O) groups is 5. The molecule has 0 saturated heterocycles. The van der Waals surface area contributed by atoms with Crippen LogP contribution in [0.5, 0.6) is 34.5 Å². The minimum absolute atomic E-state index is 0.0308. The smallest absolute Gasteiger partial charge is 0.281 e. The highest BCUT2D eigenvalue weighted by Gasteiger charge is 2.45. The highest BCUT2D eigenvalue weighted by Crippen LogP contribution is 2.53. The Kier molecular flexibility index (Phi) is 33.1. The van der Waals surface area contributed by atoms with E-state index >= 15 is 0 Å². The second kappa shape index (κ2) is 46.5. The van der Waals surface area contributed by atoms with Crippen LogP contribution in [-0.2, 0) is 24.4 Å². The number of benzene rings is 14. The number of carbonyl (C=O) groups excluding carboxylic acids is 5. The summed E-state index contributed by atoms with van der Waals surface area (Å²) < 4.78 is 258. The number of aromatic nitrogens is 1. The molecule has 4 aliphatic heterocycles. The van der Waals surface area contributed by atoms with Crippen molar-refractivity contribution in [2.24, 2.45) is 20.4 Å². The molecule has 5 heterocycles. The Balaban J connectivity index is 0.000000142. The molecule has 4 aliphatic rings. The first-order valence-corrected chi connectivity index (χ1v) is 48.3. The number of hydrogen-bond donors (Lipinski definition) is 0. The van der Waals surface area contributed by atoms with Gasteiger partial charge in [-0.3, -0.25) is 24.0 Å². The summed E-state index contributed by atoms with van der Waals surface area (Å²) in [5, 5.41) is 19.9. The van der Waals surface area contributed by atoms with Crippen molar-refractivity contribution in [1.29, 1.82) is 0 Å². The number of para-hydroxylation sites is 5. The summed E-state index contributed by atoms with van der Waals surface area (Å²) in [7, 11) is 5.76. The molecule has 0 saturated carbocycles. The van der Waals surface area contributed by atoms with E-state index in [-0.39, 0.29) is 40.9 Å². The predicted molar refractivity (Wildman–Crippen MR) is 529 cm³/mol. The zero-order chi connectivity index (χ0) is 105. The molecule has 0 fully saturated rings. The molecule has 20 nitrogen and oxygen atoms in total. The van der Waals surface area contributed by atoms with Gasteiger partial charge in [-0.2, -0.15) is 20.4 Å². The molecule has 754 valence electrons. The number of hydrogen-bond acceptors (Lipinski definition) is 21. The molecule has 4 atom stereocenters. The van der Waals surface area contributed by atoms with Crippen LogP contribution >= 0.6 is 70.0 Å². The Hall–Kier alpha value is -15.4. The number of halogens is 17. The Morgan fingerprint density at radius 2 is 0.709 bits per heavy atom. The first-order chi connectivity index (χ1) is 71.2. The molecular weight excluding hydrogens is 2070 g/mol. The third kappa shape index (κ3) is 23.5. The van der Waals surface area contributed by atoms with Crippen molar-refractivity contribution in [2.45, 2.75) is 48.1 Å². The van der Waals surface area contributed by atoms with Gasteiger partial charge in [-0.1, -0.05) is 168 Å². The molecule has 15 aromatic rings. The normalized spacial score (nSPS) is 15.0. The molecule has 1 aromatic heterocycles. The van der Waals surface area contributed by atoms with E-state index in [9.17, 15) is 94.2 Å². The zero-order valence-corrected chi connectivity index (χ0v) is 81.7. The number of thioether (sulfide) groups is 4. The average molecular weight is 2150 g/mol. The quantitative estimate of drug-likeness (QED) is 0.0312. The fraction of sp³-hybridized carbons (Fsp3) is 0.113. The van der Waals surface area contributed by atoms with Crippen molar-refractivity contribution < 1.29 is 123 Å². The van der Waals surface area contributed by atoms with Crippen LogP contribution in [0, 0.1) is 93.1 Å². The molecule has 0 radical (unpaired) electrons. The molecule has 14 aromatic carbocycles. The molecular formula is C106H70ClF16N9O11S5. The summed E-state index contributed by atoms with van der Waals surface area (Å²) in [6, 6.07) is 64.4. The van der Waals surface area contributed by atoms with Crippen molar-refractivity contribution in [1.82, 2.24) is 25.0 Å². The highest BCUT2D eigenvalue weighted by molar-refractivity contribution is 8.15. The van der Waals surface area contributed by atoms with Gasteiger partial charge < -0.3 is 28.4 Å². The zero-order valence-electron chi connectivity index (χ0n) is 76.9. The van der Waals surface area contributed by atoms with E-state index in [0.717, 1.165) is 76.7 Å². The number of nitrogens with zero attached hydrogens (tertiary/aromatic N) is 9. The van der Waals surface area contributed by atoms with E-state index in [1.54, 1.807) is 109 Å². The van der Waals surface area contributed by atoms with Gasteiger partial charge >= 0.3 is 0 Å². The lowest BCUT2D eigenvalue weighted by Crippen LogP contribution is -2.28. The molecule has 0 aliphatic carbocycles. The Labute approximate surface area is 857 Å². The van der Waals surface area contributed by atoms with Crippen molar-refractivity contribution in [3.05, 3.63) is 454 Å². The molecule has 0 bridgehead atoms. The Bertz CT molecular complexity index is 7710. The van der Waals surface area contributed by atoms with E-state index < -0.39 is 160 Å². The summed E-state index contributed by atoms with van der Waals surface area (Å²) in [5.74, 6) is -23.1. The van der Waals surface area contributed by atoms with Crippen LogP contribution in [0.25, 0.3) is 10.2 Å². The van der Waals surface area contributed by atoms with Gasteiger partial charge in [0.25, 0.3) is 23.6 Å². The van der Waals surface area contributed by atoms with E-state index in [1.807, 2.05) is 48.5 Å². The first kappa shape index (κ1) is 105. The lowest BCUT2D eigenvalue weighted by atomic mass is 10.1. The van der Waals surface area contributed by atoms with Crippen molar-refractivity contribution in [3.63, 3.8) is 0 Å². The molecule has 0 N–H and O–H groups in total. The van der Waals surface area contributed by atoms with Crippen molar-refractivity contribution >= 4 is 130 Å². The number of amides is 4. The number of methoxy groups -OCH3 is 4. The molecule has 0 spiro atoms. The largest absolute Gasteiger partial charge is 0.496 e. The van der Waals surface area contributed by atoms with E-state index in [0.29, 0.717) is 136 Å². The predicted octanol–water partition coefficient (Wildman–Crippen LogP) is 26.6. The van der Waals surface area contributed by atoms with Crippen LogP contribution in [0.4, 0.5) is 70.2 Å². The lowest BCUT2D eigenvalue weighted by Gasteiger charge is -2.24. The fourth-order valence-electron chi connectivity index (χ4n) is 15.2. The summed E-state index contributed by atoms with van der Waals surface area (Å²) in [6.45, 7) is 1.75. The minimum Gasteiger partial charge on any atom is -0.496 e. The first-order valence-electron chi connectivity index (χ1n) is 43.6. The molecule has 42 heteroatoms. The number of thiazole rings is 1. The Morgan fingerprint density at radius 3 is 1.17 bits per heavy atom. The minimum atomic E-state index is -2.10. The average Bonchev–Trinajstić information content (AvgIpc) is 1.62. The van der Waals surface area contributed by atoms with E-state index in [2.05, 4.69) is 25.4 Å². The topological polar surface area (TPSA) is 216 Å². The maximum atomic E-state index is 14.8. The SMILES string of the molecule is COc1c(OCc2cccc(CC(C)=O)c2)cccc1C1SC(c2ccc(F)cc2)=NN1C(=O)c1c(F)cc(F)cc1F.COc1cccc(C2SC(c3ccc(Cl)cc3)=NN2C(=O)c2c(F)cc(F)cc2F)c1OCc1nc2ccccc2s1.COc1ccccc1C1SC(c2ccc(F)cc2)=NN1C(=O)c1cc(F)c(F)c(F)c1F.COc1ccccc1C1SC(c2ccc(F)cc2)=NN1C(=O)c1cc(F)c(F)cc1F. The monoisotopic (exact) mass is 2140 g/mol. The maximum absolute atomic E-state index is 14.8. The fourth-order valence-corrected chi connectivity index (χ4v) is 20.9. The molecule has 148 heavy (non-hydrogen) atoms. The van der Waals surface area contributed by atoms with Crippen molar-refractivity contribution in [3.8, 4) is 34.5 Å². The van der Waals surface area contributed by atoms with E-state index in [4.69, 9.17) is 40.0 Å². The summed E-state index contributed by atoms with van der Waals surface area (Å²) in [6.07, 6.45) is 0.293. The van der Waals surface area contributed by atoms with Crippen LogP contribution < -0.4 is 28.4 Å². The van der Waals surface area contributed by atoms with Crippen LogP contribution in [0.15, 0.2) is 293 Å². The molecule has 4 amide bonds. The van der Waals surface area contributed by atoms with Crippen LogP contribution in [-0.4, -0.2) is 103 Å². The van der Waals surface area contributed by atoms with Crippen LogP contribution in [0.2, 0.25) is 5.02 Å². The Morgan fingerprint density at radius 1 is 0.324 bits per heavy atom. The number of ether oxygens (including phenoxy) is 6. The summed E-state index contributed by atoms with van der Waals surface area (Å²) in [5.41, 5.74) is 2.88. The third-order valence-electron chi connectivity index (χ3n) is 22.1. The van der Waals surface area contributed by atoms with Crippen LogP contribution in [0.1, 0.15) is 130 Å². The summed E-state index contributed by atoms with van der Waals surface area (Å²) in [4.78, 5) is 69.6. The van der Waals surface area contributed by atoms with E-state index in [1.165, 1.54) is 131 Å². The second-order valence-corrected chi connectivity index (χ2v) is 37.6. The van der Waals surface area contributed by atoms with Gasteiger partial charge in [0.2, 0.25) is 0 Å². The molecule has 4 unspecified atom stereocenters. The van der Waals surface area contributed by atoms with Gasteiger partial charge in [0.15, 0.2) is 57.9 Å².